The summed E-state index contributed by atoms with van der Waals surface area (Å²) < 4.78 is 43.5. The number of nitrogens with zero attached hydrogens (tertiary/aromatic N) is 1. The second-order valence-electron chi connectivity index (χ2n) is 4.81. The Morgan fingerprint density at radius 1 is 0.958 bits per heavy atom. The lowest BCUT2D eigenvalue weighted by Crippen LogP contribution is -2.05. The zero-order valence-electron chi connectivity index (χ0n) is 13.4. The van der Waals surface area contributed by atoms with Crippen molar-refractivity contribution >= 4 is 5.69 Å². The van der Waals surface area contributed by atoms with Crippen molar-refractivity contribution in [3.63, 3.8) is 0 Å². The summed E-state index contributed by atoms with van der Waals surface area (Å²) in [6, 6.07) is 6.99. The molecule has 0 atom stereocenters. The summed E-state index contributed by atoms with van der Waals surface area (Å²) in [4.78, 5) is 0. The fraction of sp³-hybridized carbons (Fsp3) is 0.235. The number of methoxy groups -OCH3 is 3. The van der Waals surface area contributed by atoms with E-state index in [1.807, 2.05) is 0 Å². The van der Waals surface area contributed by atoms with Gasteiger partial charge in [-0.1, -0.05) is 0 Å². The van der Waals surface area contributed by atoms with E-state index in [1.54, 1.807) is 18.2 Å². The summed E-state index contributed by atoms with van der Waals surface area (Å²) in [5.74, 6) is -0.360. The van der Waals surface area contributed by atoms with E-state index in [4.69, 9.17) is 19.5 Å². The summed E-state index contributed by atoms with van der Waals surface area (Å²) in [5.41, 5.74) is 0.291. The Balaban J connectivity index is 2.29. The molecule has 0 saturated carbocycles. The first kappa shape index (κ1) is 17.3. The lowest BCUT2D eigenvalue weighted by atomic mass is 10.1. The van der Waals surface area contributed by atoms with E-state index in [0.29, 0.717) is 22.8 Å². The number of nitriles is 1. The minimum absolute atomic E-state index is 0.0802. The first-order valence-corrected chi connectivity index (χ1v) is 6.96. The van der Waals surface area contributed by atoms with Gasteiger partial charge in [-0.25, -0.2) is 8.78 Å². The number of halogens is 2. The molecule has 2 rings (SSSR count). The Labute approximate surface area is 138 Å². The van der Waals surface area contributed by atoms with Crippen LogP contribution in [0.4, 0.5) is 14.5 Å². The topological polar surface area (TPSA) is 63.5 Å². The summed E-state index contributed by atoms with van der Waals surface area (Å²) in [6.07, 6.45) is 0. The maximum atomic E-state index is 13.9. The van der Waals surface area contributed by atoms with Crippen LogP contribution >= 0.6 is 0 Å². The van der Waals surface area contributed by atoms with Crippen LogP contribution in [0.3, 0.4) is 0 Å². The molecule has 0 aromatic heterocycles. The molecule has 126 valence electrons. The molecule has 0 bridgehead atoms. The average molecular weight is 334 g/mol. The highest BCUT2D eigenvalue weighted by molar-refractivity contribution is 5.55. The number of benzene rings is 2. The van der Waals surface area contributed by atoms with Gasteiger partial charge in [0.2, 0.25) is 5.75 Å². The number of rotatable bonds is 6. The predicted octanol–water partition coefficient (Wildman–Crippen LogP) is 3.47. The van der Waals surface area contributed by atoms with Crippen molar-refractivity contribution in [2.75, 3.05) is 26.6 Å². The minimum atomic E-state index is -0.834. The van der Waals surface area contributed by atoms with Crippen molar-refractivity contribution in [2.45, 2.75) is 6.54 Å². The molecular formula is C17H16F2N2O3. The smallest absolute Gasteiger partial charge is 0.203 e. The van der Waals surface area contributed by atoms with Gasteiger partial charge in [-0.3, -0.25) is 0 Å². The second kappa shape index (κ2) is 7.51. The molecule has 0 amide bonds. The van der Waals surface area contributed by atoms with Gasteiger partial charge in [-0.2, -0.15) is 5.26 Å². The highest BCUT2D eigenvalue weighted by atomic mass is 19.1. The third-order valence-electron chi connectivity index (χ3n) is 3.37. The van der Waals surface area contributed by atoms with E-state index in [0.717, 1.165) is 12.1 Å². The van der Waals surface area contributed by atoms with E-state index >= 15 is 0 Å². The molecule has 0 aliphatic carbocycles. The van der Waals surface area contributed by atoms with Crippen LogP contribution in [0.2, 0.25) is 0 Å². The van der Waals surface area contributed by atoms with Crippen LogP contribution in [0.15, 0.2) is 24.3 Å². The number of hydrogen-bond acceptors (Lipinski definition) is 5. The molecule has 0 unspecified atom stereocenters. The Morgan fingerprint density at radius 3 is 1.92 bits per heavy atom. The van der Waals surface area contributed by atoms with Crippen LogP contribution in [-0.4, -0.2) is 21.3 Å². The summed E-state index contributed by atoms with van der Waals surface area (Å²) in [5, 5.41) is 11.4. The highest BCUT2D eigenvalue weighted by Crippen LogP contribution is 2.38. The zero-order valence-corrected chi connectivity index (χ0v) is 13.4. The van der Waals surface area contributed by atoms with Crippen molar-refractivity contribution in [3.05, 3.63) is 47.0 Å². The van der Waals surface area contributed by atoms with Gasteiger partial charge in [0.1, 0.15) is 5.69 Å². The van der Waals surface area contributed by atoms with Crippen LogP contribution < -0.4 is 19.5 Å². The molecule has 1 N–H and O–H groups in total. The summed E-state index contributed by atoms with van der Waals surface area (Å²) >= 11 is 0. The third kappa shape index (κ3) is 3.49. The van der Waals surface area contributed by atoms with Gasteiger partial charge in [0.15, 0.2) is 23.1 Å². The summed E-state index contributed by atoms with van der Waals surface area (Å²) in [6.45, 7) is 0.121. The Kier molecular flexibility index (Phi) is 5.42. The predicted molar refractivity (Wildman–Crippen MR) is 84.5 cm³/mol. The highest BCUT2D eigenvalue weighted by Gasteiger charge is 2.15. The van der Waals surface area contributed by atoms with Gasteiger partial charge >= 0.3 is 0 Å². The third-order valence-corrected chi connectivity index (χ3v) is 3.37. The Bertz CT molecular complexity index is 740. The monoisotopic (exact) mass is 334 g/mol. The van der Waals surface area contributed by atoms with Crippen LogP contribution in [0.1, 0.15) is 11.1 Å². The number of nitrogens with one attached hydrogen (secondary N) is 1. The molecule has 24 heavy (non-hydrogen) atoms. The maximum Gasteiger partial charge on any atom is 0.203 e. The van der Waals surface area contributed by atoms with Gasteiger partial charge in [0, 0.05) is 6.54 Å². The molecule has 2 aromatic rings. The Morgan fingerprint density at radius 2 is 1.50 bits per heavy atom. The molecule has 5 nitrogen and oxygen atoms in total. The molecule has 0 aliphatic rings. The van der Waals surface area contributed by atoms with Crippen molar-refractivity contribution in [1.29, 1.82) is 5.26 Å². The van der Waals surface area contributed by atoms with Crippen LogP contribution in [0.5, 0.6) is 17.2 Å². The van der Waals surface area contributed by atoms with E-state index < -0.39 is 11.6 Å². The van der Waals surface area contributed by atoms with Crippen LogP contribution in [0, 0.1) is 23.0 Å². The van der Waals surface area contributed by atoms with Crippen molar-refractivity contribution < 1.29 is 23.0 Å². The lowest BCUT2D eigenvalue weighted by Gasteiger charge is -2.15. The first-order valence-electron chi connectivity index (χ1n) is 6.96. The lowest BCUT2D eigenvalue weighted by molar-refractivity contribution is 0.324. The second-order valence-corrected chi connectivity index (χ2v) is 4.81. The fourth-order valence-electron chi connectivity index (χ4n) is 2.23. The molecule has 2 aromatic carbocycles. The van der Waals surface area contributed by atoms with E-state index in [1.165, 1.54) is 21.3 Å². The molecule has 0 heterocycles. The van der Waals surface area contributed by atoms with Gasteiger partial charge in [0.25, 0.3) is 0 Å². The van der Waals surface area contributed by atoms with Gasteiger partial charge < -0.3 is 19.5 Å². The van der Waals surface area contributed by atoms with E-state index in [2.05, 4.69) is 5.32 Å². The zero-order chi connectivity index (χ0) is 17.7. The molecule has 7 heteroatoms. The molecule has 0 aliphatic heterocycles. The van der Waals surface area contributed by atoms with Crippen molar-refractivity contribution in [2.24, 2.45) is 0 Å². The molecule has 0 radical (unpaired) electrons. The SMILES string of the molecule is COc1cc(CNc2c(F)cc(C#N)cc2F)cc(OC)c1OC. The van der Waals surface area contributed by atoms with Gasteiger partial charge in [-0.15, -0.1) is 0 Å². The molecule has 0 spiro atoms. The number of ether oxygens (including phenoxy) is 3. The maximum absolute atomic E-state index is 13.9. The largest absolute Gasteiger partial charge is 0.493 e. The van der Waals surface area contributed by atoms with Gasteiger partial charge in [0.05, 0.1) is 33.0 Å². The van der Waals surface area contributed by atoms with Crippen LogP contribution in [-0.2, 0) is 6.54 Å². The number of anilines is 1. The molecule has 0 fully saturated rings. The molecule has 0 saturated heterocycles. The fourth-order valence-corrected chi connectivity index (χ4v) is 2.23. The van der Waals surface area contributed by atoms with Crippen LogP contribution in [0.25, 0.3) is 0 Å². The minimum Gasteiger partial charge on any atom is -0.493 e. The quantitative estimate of drug-likeness (QED) is 0.876. The standard InChI is InChI=1S/C17H16F2N2O3/c1-22-14-6-11(7-15(23-2)17(14)24-3)9-21-16-12(18)4-10(8-20)5-13(16)19/h4-7,21H,9H2,1-3H3. The van der Waals surface area contributed by atoms with E-state index in [-0.39, 0.29) is 17.8 Å². The Hall–Kier alpha value is -3.01. The first-order chi connectivity index (χ1) is 11.5. The van der Waals surface area contributed by atoms with Crippen molar-refractivity contribution in [1.82, 2.24) is 0 Å². The average Bonchev–Trinajstić information content (AvgIpc) is 2.59. The van der Waals surface area contributed by atoms with Gasteiger partial charge in [-0.05, 0) is 29.8 Å². The normalized spacial score (nSPS) is 10.0. The van der Waals surface area contributed by atoms with E-state index in [9.17, 15) is 8.78 Å². The molecular weight excluding hydrogens is 318 g/mol. The number of hydrogen-bond donors (Lipinski definition) is 1. The summed E-state index contributed by atoms with van der Waals surface area (Å²) in [7, 11) is 4.45. The van der Waals surface area contributed by atoms with Crippen molar-refractivity contribution in [3.8, 4) is 23.3 Å².